The Hall–Kier alpha value is -1.07. The third-order valence-corrected chi connectivity index (χ3v) is 4.01. The van der Waals surface area contributed by atoms with Crippen LogP contribution in [0.15, 0.2) is 22.6 Å². The van der Waals surface area contributed by atoms with Gasteiger partial charge in [-0.2, -0.15) is 0 Å². The van der Waals surface area contributed by atoms with Gasteiger partial charge in [-0.25, -0.2) is 4.39 Å². The van der Waals surface area contributed by atoms with Crippen molar-refractivity contribution in [1.82, 2.24) is 0 Å². The second-order valence-electron chi connectivity index (χ2n) is 5.11. The van der Waals surface area contributed by atoms with E-state index in [4.69, 9.17) is 4.74 Å². The van der Waals surface area contributed by atoms with E-state index in [0.717, 1.165) is 0 Å². The molecule has 98 valence electrons. The maximum Gasteiger partial charge on any atom is 0.165 e. The fourth-order valence-electron chi connectivity index (χ4n) is 1.60. The second-order valence-corrected chi connectivity index (χ2v) is 7.02. The SMILES string of the molecule is CC(C)(C)[S@+]([O-])N=C1CCOc2c(F)cccc21. The van der Waals surface area contributed by atoms with E-state index in [2.05, 4.69) is 4.40 Å². The van der Waals surface area contributed by atoms with Crippen LogP contribution in [-0.2, 0) is 11.4 Å². The molecule has 0 aromatic heterocycles. The molecule has 0 fully saturated rings. The van der Waals surface area contributed by atoms with Crippen molar-refractivity contribution in [2.45, 2.75) is 31.9 Å². The van der Waals surface area contributed by atoms with Gasteiger partial charge in [-0.05, 0) is 32.9 Å². The molecule has 1 heterocycles. The standard InChI is InChI=1S/C13H16FNO2S/c1-13(2,3)18(16)15-11-7-8-17-12-9(11)5-4-6-10(12)14/h4-6H,7-8H2,1-3H3/t18-/m0/s1. The predicted octanol–water partition coefficient (Wildman–Crippen LogP) is 2.86. The van der Waals surface area contributed by atoms with Crippen LogP contribution in [0.3, 0.4) is 0 Å². The molecule has 0 radical (unpaired) electrons. The zero-order valence-electron chi connectivity index (χ0n) is 10.7. The first-order valence-corrected chi connectivity index (χ1v) is 6.91. The molecule has 1 aromatic carbocycles. The van der Waals surface area contributed by atoms with Crippen LogP contribution in [0.4, 0.5) is 4.39 Å². The van der Waals surface area contributed by atoms with Gasteiger partial charge in [0.2, 0.25) is 0 Å². The highest BCUT2D eigenvalue weighted by Crippen LogP contribution is 2.29. The number of ether oxygens (including phenoxy) is 1. The first kappa shape index (κ1) is 13.4. The Labute approximate surface area is 109 Å². The third kappa shape index (κ3) is 2.67. The number of para-hydroxylation sites is 1. The Morgan fingerprint density at radius 1 is 1.39 bits per heavy atom. The monoisotopic (exact) mass is 269 g/mol. The lowest BCUT2D eigenvalue weighted by Gasteiger charge is -2.22. The summed E-state index contributed by atoms with van der Waals surface area (Å²) in [5.41, 5.74) is 1.27. The largest absolute Gasteiger partial charge is 0.591 e. The smallest absolute Gasteiger partial charge is 0.165 e. The Morgan fingerprint density at radius 3 is 2.78 bits per heavy atom. The van der Waals surface area contributed by atoms with Gasteiger partial charge in [0, 0.05) is 12.0 Å². The van der Waals surface area contributed by atoms with Gasteiger partial charge in [-0.15, -0.1) is 0 Å². The summed E-state index contributed by atoms with van der Waals surface area (Å²) < 4.78 is 34.7. The lowest BCUT2D eigenvalue weighted by molar-refractivity contribution is 0.303. The molecule has 1 aliphatic heterocycles. The van der Waals surface area contributed by atoms with Crippen LogP contribution in [0.1, 0.15) is 32.8 Å². The molecule has 0 saturated carbocycles. The fourth-order valence-corrected chi connectivity index (χ4v) is 2.26. The third-order valence-electron chi connectivity index (χ3n) is 2.58. The number of nitrogens with zero attached hydrogens (tertiary/aromatic N) is 1. The molecule has 0 N–H and O–H groups in total. The first-order valence-electron chi connectivity index (χ1n) is 5.81. The van der Waals surface area contributed by atoms with Crippen LogP contribution < -0.4 is 4.74 Å². The van der Waals surface area contributed by atoms with Crippen molar-refractivity contribution in [3.05, 3.63) is 29.6 Å². The van der Waals surface area contributed by atoms with Crippen molar-refractivity contribution in [3.8, 4) is 5.75 Å². The minimum atomic E-state index is -1.34. The van der Waals surface area contributed by atoms with Crippen LogP contribution in [0.2, 0.25) is 0 Å². The molecule has 1 aliphatic rings. The Balaban J connectivity index is 2.39. The summed E-state index contributed by atoms with van der Waals surface area (Å²) >= 11 is -1.34. The molecular weight excluding hydrogens is 253 g/mol. The minimum Gasteiger partial charge on any atom is -0.591 e. The van der Waals surface area contributed by atoms with Crippen LogP contribution in [-0.4, -0.2) is 21.6 Å². The number of rotatable bonds is 1. The molecule has 0 unspecified atom stereocenters. The van der Waals surface area contributed by atoms with E-state index in [1.165, 1.54) is 6.07 Å². The quantitative estimate of drug-likeness (QED) is 0.736. The van der Waals surface area contributed by atoms with Crippen molar-refractivity contribution in [1.29, 1.82) is 0 Å². The lowest BCUT2D eigenvalue weighted by atomic mass is 10.0. The molecule has 1 aromatic rings. The highest BCUT2D eigenvalue weighted by Gasteiger charge is 2.29. The zero-order chi connectivity index (χ0) is 13.3. The molecule has 1 atom stereocenters. The van der Waals surface area contributed by atoms with Crippen LogP contribution in [0, 0.1) is 5.82 Å². The van der Waals surface area contributed by atoms with E-state index < -0.39 is 21.9 Å². The summed E-state index contributed by atoms with van der Waals surface area (Å²) in [5, 5.41) is 0. The van der Waals surface area contributed by atoms with Gasteiger partial charge in [-0.1, -0.05) is 10.5 Å². The Morgan fingerprint density at radius 2 is 2.11 bits per heavy atom. The molecule has 0 amide bonds. The summed E-state index contributed by atoms with van der Waals surface area (Å²) in [6.45, 7) is 5.95. The van der Waals surface area contributed by atoms with Crippen molar-refractivity contribution < 1.29 is 13.7 Å². The predicted molar refractivity (Wildman–Crippen MR) is 70.9 cm³/mol. The van der Waals surface area contributed by atoms with E-state index in [1.54, 1.807) is 12.1 Å². The normalized spacial score (nSPS) is 19.3. The Bertz CT molecular complexity index is 482. The maximum atomic E-state index is 13.6. The Kier molecular flexibility index (Phi) is 3.64. The van der Waals surface area contributed by atoms with E-state index in [-0.39, 0.29) is 5.75 Å². The van der Waals surface area contributed by atoms with E-state index >= 15 is 0 Å². The average molecular weight is 269 g/mol. The number of halogens is 1. The van der Waals surface area contributed by atoms with Gasteiger partial charge in [0.25, 0.3) is 0 Å². The van der Waals surface area contributed by atoms with Crippen LogP contribution in [0.5, 0.6) is 5.75 Å². The summed E-state index contributed by atoms with van der Waals surface area (Å²) in [6.07, 6.45) is 0.554. The van der Waals surface area contributed by atoms with Crippen molar-refractivity contribution in [2.75, 3.05) is 6.61 Å². The van der Waals surface area contributed by atoms with Gasteiger partial charge in [-0.3, -0.25) is 0 Å². The van der Waals surface area contributed by atoms with E-state index in [9.17, 15) is 8.94 Å². The van der Waals surface area contributed by atoms with Crippen LogP contribution >= 0.6 is 0 Å². The molecule has 0 spiro atoms. The minimum absolute atomic E-state index is 0.216. The topological polar surface area (TPSA) is 44.7 Å². The highest BCUT2D eigenvalue weighted by atomic mass is 32.2. The fraction of sp³-hybridized carbons (Fsp3) is 0.462. The van der Waals surface area contributed by atoms with E-state index in [1.807, 2.05) is 20.8 Å². The molecule has 5 heteroatoms. The molecule has 3 nitrogen and oxygen atoms in total. The van der Waals surface area contributed by atoms with Crippen LogP contribution in [0.25, 0.3) is 0 Å². The maximum absolute atomic E-state index is 13.6. The lowest BCUT2D eigenvalue weighted by Crippen LogP contribution is -2.28. The van der Waals surface area contributed by atoms with Gasteiger partial charge >= 0.3 is 0 Å². The van der Waals surface area contributed by atoms with E-state index in [0.29, 0.717) is 24.3 Å². The number of fused-ring (bicyclic) bond motifs is 1. The van der Waals surface area contributed by atoms with Gasteiger partial charge in [0.15, 0.2) is 11.6 Å². The van der Waals surface area contributed by atoms with Gasteiger partial charge in [0.1, 0.15) is 21.8 Å². The zero-order valence-corrected chi connectivity index (χ0v) is 11.5. The second kappa shape index (κ2) is 4.90. The summed E-state index contributed by atoms with van der Waals surface area (Å²) in [7, 11) is 0. The molecule has 0 bridgehead atoms. The summed E-state index contributed by atoms with van der Waals surface area (Å²) in [4.78, 5) is 0. The highest BCUT2D eigenvalue weighted by molar-refractivity contribution is 7.91. The molecule has 0 saturated heterocycles. The van der Waals surface area contributed by atoms with Crippen molar-refractivity contribution in [3.63, 3.8) is 0 Å². The van der Waals surface area contributed by atoms with Gasteiger partial charge < -0.3 is 9.29 Å². The molecule has 0 aliphatic carbocycles. The first-order chi connectivity index (χ1) is 8.39. The van der Waals surface area contributed by atoms with Gasteiger partial charge in [0.05, 0.1) is 6.61 Å². The summed E-state index contributed by atoms with van der Waals surface area (Å²) in [5.74, 6) is -0.185. The number of benzene rings is 1. The number of hydrogen-bond acceptors (Lipinski definition) is 3. The van der Waals surface area contributed by atoms with Crippen molar-refractivity contribution in [2.24, 2.45) is 4.40 Å². The molecule has 2 rings (SSSR count). The molecule has 18 heavy (non-hydrogen) atoms. The van der Waals surface area contributed by atoms with Crippen molar-refractivity contribution >= 4 is 17.1 Å². The average Bonchev–Trinajstić information content (AvgIpc) is 2.29. The summed E-state index contributed by atoms with van der Waals surface area (Å²) in [6, 6.07) is 4.71. The molecular formula is C13H16FNO2S. The number of hydrogen-bond donors (Lipinski definition) is 0.